The van der Waals surface area contributed by atoms with Gasteiger partial charge in [0.2, 0.25) is 0 Å². The van der Waals surface area contributed by atoms with Gasteiger partial charge in [-0.1, -0.05) is 6.07 Å². The molecule has 2 aromatic carbocycles. The van der Waals surface area contributed by atoms with Crippen molar-refractivity contribution in [2.75, 3.05) is 36.5 Å². The van der Waals surface area contributed by atoms with Crippen LogP contribution >= 0.6 is 0 Å². The molecule has 0 aromatic heterocycles. The van der Waals surface area contributed by atoms with E-state index in [1.165, 1.54) is 6.07 Å². The van der Waals surface area contributed by atoms with E-state index >= 15 is 0 Å². The zero-order chi connectivity index (χ0) is 17.8. The number of amides is 1. The van der Waals surface area contributed by atoms with Crippen molar-refractivity contribution < 1.29 is 19.4 Å². The standard InChI is InChI=1S/C19H20N2O4/c1-13-2-5-15(12-17(13)19(23)24)20-18(22)14-3-6-16(7-4-14)21-8-10-25-11-9-21/h2-7,12H,8-11H2,1H3,(H,20,22)(H,23,24). The Kier molecular flexibility index (Phi) is 5.00. The molecule has 1 heterocycles. The number of rotatable bonds is 4. The van der Waals surface area contributed by atoms with E-state index in [-0.39, 0.29) is 11.5 Å². The smallest absolute Gasteiger partial charge is 0.336 e. The van der Waals surface area contributed by atoms with Gasteiger partial charge in [-0.25, -0.2) is 4.79 Å². The van der Waals surface area contributed by atoms with Crippen molar-refractivity contribution in [3.05, 3.63) is 59.2 Å². The Labute approximate surface area is 146 Å². The molecular weight excluding hydrogens is 320 g/mol. The minimum absolute atomic E-state index is 0.181. The Bertz CT molecular complexity index is 781. The fourth-order valence-corrected chi connectivity index (χ4v) is 2.78. The highest BCUT2D eigenvalue weighted by Gasteiger charge is 2.13. The van der Waals surface area contributed by atoms with Crippen molar-refractivity contribution >= 4 is 23.3 Å². The molecular formula is C19H20N2O4. The van der Waals surface area contributed by atoms with Crippen molar-refractivity contribution in [3.63, 3.8) is 0 Å². The first-order valence-corrected chi connectivity index (χ1v) is 8.12. The number of aryl methyl sites for hydroxylation is 1. The molecule has 1 aliphatic rings. The summed E-state index contributed by atoms with van der Waals surface area (Å²) in [6.45, 7) is 4.82. The Morgan fingerprint density at radius 3 is 2.40 bits per heavy atom. The molecule has 3 rings (SSSR count). The predicted molar refractivity (Wildman–Crippen MR) is 95.6 cm³/mol. The van der Waals surface area contributed by atoms with Gasteiger partial charge in [-0.3, -0.25) is 4.79 Å². The molecule has 1 aliphatic heterocycles. The average Bonchev–Trinajstić information content (AvgIpc) is 2.64. The fraction of sp³-hybridized carbons (Fsp3) is 0.263. The third-order valence-corrected chi connectivity index (χ3v) is 4.23. The number of anilines is 2. The summed E-state index contributed by atoms with van der Waals surface area (Å²) in [6.07, 6.45) is 0. The third-order valence-electron chi connectivity index (χ3n) is 4.23. The lowest BCUT2D eigenvalue weighted by Gasteiger charge is -2.28. The Morgan fingerprint density at radius 2 is 1.76 bits per heavy atom. The number of carbonyl (C=O) groups excluding carboxylic acids is 1. The number of benzene rings is 2. The molecule has 0 unspecified atom stereocenters. The Balaban J connectivity index is 1.71. The molecule has 25 heavy (non-hydrogen) atoms. The quantitative estimate of drug-likeness (QED) is 0.895. The maximum atomic E-state index is 12.4. The maximum Gasteiger partial charge on any atom is 0.336 e. The monoisotopic (exact) mass is 340 g/mol. The molecule has 0 bridgehead atoms. The zero-order valence-electron chi connectivity index (χ0n) is 14.0. The molecule has 1 saturated heterocycles. The first-order chi connectivity index (χ1) is 12.0. The normalized spacial score (nSPS) is 14.2. The van der Waals surface area contributed by atoms with E-state index < -0.39 is 5.97 Å². The number of aromatic carboxylic acids is 1. The van der Waals surface area contributed by atoms with E-state index in [0.29, 0.717) is 30.0 Å². The molecule has 0 saturated carbocycles. The van der Waals surface area contributed by atoms with Gasteiger partial charge in [0, 0.05) is 30.0 Å². The molecule has 0 spiro atoms. The van der Waals surface area contributed by atoms with Crippen molar-refractivity contribution in [1.29, 1.82) is 0 Å². The molecule has 2 aromatic rings. The van der Waals surface area contributed by atoms with Crippen LogP contribution in [-0.4, -0.2) is 43.3 Å². The number of carboxylic acid groups (broad SMARTS) is 1. The summed E-state index contributed by atoms with van der Waals surface area (Å²) >= 11 is 0. The summed E-state index contributed by atoms with van der Waals surface area (Å²) in [5.74, 6) is -1.28. The van der Waals surface area contributed by atoms with Crippen molar-refractivity contribution in [1.82, 2.24) is 0 Å². The molecule has 1 amide bonds. The van der Waals surface area contributed by atoms with Crippen LogP contribution in [0.4, 0.5) is 11.4 Å². The molecule has 0 radical (unpaired) electrons. The van der Waals surface area contributed by atoms with E-state index in [1.54, 1.807) is 31.2 Å². The lowest BCUT2D eigenvalue weighted by molar-refractivity contribution is 0.0695. The zero-order valence-corrected chi connectivity index (χ0v) is 14.0. The number of morpholine rings is 1. The summed E-state index contributed by atoms with van der Waals surface area (Å²) in [5.41, 5.74) is 2.88. The highest BCUT2D eigenvalue weighted by Crippen LogP contribution is 2.19. The van der Waals surface area contributed by atoms with E-state index in [4.69, 9.17) is 9.84 Å². The topological polar surface area (TPSA) is 78.9 Å². The molecule has 1 fully saturated rings. The van der Waals surface area contributed by atoms with E-state index in [2.05, 4.69) is 10.2 Å². The van der Waals surface area contributed by atoms with E-state index in [1.807, 2.05) is 12.1 Å². The lowest BCUT2D eigenvalue weighted by atomic mass is 10.1. The van der Waals surface area contributed by atoms with Crippen LogP contribution in [0.3, 0.4) is 0 Å². The Morgan fingerprint density at radius 1 is 1.08 bits per heavy atom. The number of hydrogen-bond donors (Lipinski definition) is 2. The highest BCUT2D eigenvalue weighted by molar-refractivity contribution is 6.05. The summed E-state index contributed by atoms with van der Waals surface area (Å²) in [5, 5.41) is 11.9. The fourth-order valence-electron chi connectivity index (χ4n) is 2.78. The number of nitrogens with one attached hydrogen (secondary N) is 1. The van der Waals surface area contributed by atoms with Gasteiger partial charge in [0.25, 0.3) is 5.91 Å². The molecule has 130 valence electrons. The van der Waals surface area contributed by atoms with Gasteiger partial charge in [-0.15, -0.1) is 0 Å². The first-order valence-electron chi connectivity index (χ1n) is 8.12. The molecule has 6 nitrogen and oxygen atoms in total. The predicted octanol–water partition coefficient (Wildman–Crippen LogP) is 2.78. The Hall–Kier alpha value is -2.86. The van der Waals surface area contributed by atoms with Crippen LogP contribution in [0.5, 0.6) is 0 Å². The van der Waals surface area contributed by atoms with Gasteiger partial charge in [-0.05, 0) is 48.9 Å². The molecule has 6 heteroatoms. The summed E-state index contributed by atoms with van der Waals surface area (Å²) < 4.78 is 5.34. The second-order valence-corrected chi connectivity index (χ2v) is 5.94. The largest absolute Gasteiger partial charge is 0.478 e. The second-order valence-electron chi connectivity index (χ2n) is 5.94. The third kappa shape index (κ3) is 3.97. The van der Waals surface area contributed by atoms with Crippen LogP contribution in [0, 0.1) is 6.92 Å². The number of carboxylic acids is 1. The van der Waals surface area contributed by atoms with Gasteiger partial charge in [0.15, 0.2) is 0 Å². The minimum Gasteiger partial charge on any atom is -0.478 e. The van der Waals surface area contributed by atoms with Gasteiger partial charge < -0.3 is 20.1 Å². The SMILES string of the molecule is Cc1ccc(NC(=O)c2ccc(N3CCOCC3)cc2)cc1C(=O)O. The van der Waals surface area contributed by atoms with Crippen LogP contribution in [0.2, 0.25) is 0 Å². The van der Waals surface area contributed by atoms with Crippen molar-refractivity contribution in [2.24, 2.45) is 0 Å². The molecule has 2 N–H and O–H groups in total. The van der Waals surface area contributed by atoms with Crippen LogP contribution in [0.25, 0.3) is 0 Å². The van der Waals surface area contributed by atoms with Crippen LogP contribution < -0.4 is 10.2 Å². The minimum atomic E-state index is -1.01. The highest BCUT2D eigenvalue weighted by atomic mass is 16.5. The van der Waals surface area contributed by atoms with E-state index in [0.717, 1.165) is 18.8 Å². The maximum absolute atomic E-state index is 12.4. The number of hydrogen-bond acceptors (Lipinski definition) is 4. The number of ether oxygens (including phenoxy) is 1. The molecule has 0 atom stereocenters. The van der Waals surface area contributed by atoms with E-state index in [9.17, 15) is 9.59 Å². The lowest BCUT2D eigenvalue weighted by Crippen LogP contribution is -2.36. The van der Waals surface area contributed by atoms with Gasteiger partial charge >= 0.3 is 5.97 Å². The van der Waals surface area contributed by atoms with Gasteiger partial charge in [0.1, 0.15) is 0 Å². The van der Waals surface area contributed by atoms with Gasteiger partial charge in [-0.2, -0.15) is 0 Å². The van der Waals surface area contributed by atoms with Crippen LogP contribution in [-0.2, 0) is 4.74 Å². The van der Waals surface area contributed by atoms with Crippen molar-refractivity contribution in [2.45, 2.75) is 6.92 Å². The van der Waals surface area contributed by atoms with Crippen LogP contribution in [0.1, 0.15) is 26.3 Å². The van der Waals surface area contributed by atoms with Crippen molar-refractivity contribution in [3.8, 4) is 0 Å². The number of nitrogens with zero attached hydrogens (tertiary/aromatic N) is 1. The average molecular weight is 340 g/mol. The number of carbonyl (C=O) groups is 2. The first kappa shape index (κ1) is 17.0. The summed E-state index contributed by atoms with van der Waals surface area (Å²) in [4.78, 5) is 25.8. The van der Waals surface area contributed by atoms with Crippen LogP contribution in [0.15, 0.2) is 42.5 Å². The summed E-state index contributed by atoms with van der Waals surface area (Å²) in [7, 11) is 0. The molecule has 0 aliphatic carbocycles. The van der Waals surface area contributed by atoms with Gasteiger partial charge in [0.05, 0.1) is 18.8 Å². The second kappa shape index (κ2) is 7.36. The summed E-state index contributed by atoms with van der Waals surface area (Å²) in [6, 6.07) is 12.2.